The Morgan fingerprint density at radius 3 is 1.44 bits per heavy atom. The third-order valence-electron chi connectivity index (χ3n) is 14.7. The Balaban J connectivity index is 0.000000142. The van der Waals surface area contributed by atoms with Crippen molar-refractivity contribution >= 4 is 23.5 Å². The van der Waals surface area contributed by atoms with Gasteiger partial charge in [-0.15, -0.1) is 0 Å². The molecule has 6 aliphatic heterocycles. The van der Waals surface area contributed by atoms with Gasteiger partial charge in [0, 0.05) is 13.2 Å². The summed E-state index contributed by atoms with van der Waals surface area (Å²) in [7, 11) is 0. The van der Waals surface area contributed by atoms with Crippen LogP contribution in [0, 0.1) is 34.5 Å². The van der Waals surface area contributed by atoms with Crippen molar-refractivity contribution in [3.8, 4) is 0 Å². The van der Waals surface area contributed by atoms with Crippen molar-refractivity contribution in [2.75, 3.05) is 26.4 Å². The number of hydrogen-bond acceptors (Lipinski definition) is 10. The van der Waals surface area contributed by atoms with Crippen molar-refractivity contribution in [1.82, 2.24) is 0 Å². The van der Waals surface area contributed by atoms with Crippen LogP contribution in [-0.4, -0.2) is 73.3 Å². The number of carbonyl (C=O) groups is 4. The molecule has 6 saturated heterocycles. The summed E-state index contributed by atoms with van der Waals surface area (Å²) < 4.78 is 35.4. The summed E-state index contributed by atoms with van der Waals surface area (Å²) in [5.41, 5.74) is 0.620. The van der Waals surface area contributed by atoms with Crippen LogP contribution in [0.2, 0.25) is 0 Å². The molecule has 10 atom stereocenters. The molecule has 0 radical (unpaired) electrons. The molecule has 2 aromatic carbocycles. The van der Waals surface area contributed by atoms with Gasteiger partial charge in [-0.3, -0.25) is 19.2 Å². The Morgan fingerprint density at radius 2 is 1.02 bits per heavy atom. The van der Waals surface area contributed by atoms with E-state index >= 15 is 0 Å². The van der Waals surface area contributed by atoms with Crippen molar-refractivity contribution < 1.29 is 47.6 Å². The van der Waals surface area contributed by atoms with Gasteiger partial charge in [0.2, 0.25) is 0 Å². The lowest BCUT2D eigenvalue weighted by Crippen LogP contribution is -2.60. The molecule has 6 heterocycles. The van der Waals surface area contributed by atoms with Crippen LogP contribution in [0.4, 0.5) is 0 Å². The number of cyclic esters (lactones) is 2. The predicted octanol–water partition coefficient (Wildman–Crippen LogP) is 6.11. The zero-order valence-corrected chi connectivity index (χ0v) is 31.0. The fourth-order valence-electron chi connectivity index (χ4n) is 12.5. The molecule has 288 valence electrons. The maximum atomic E-state index is 12.9. The van der Waals surface area contributed by atoms with E-state index in [1.807, 2.05) is 60.7 Å². The largest absolute Gasteiger partial charge is 0.464 e. The molecule has 0 unspecified atom stereocenters. The zero-order chi connectivity index (χ0) is 37.0. The van der Waals surface area contributed by atoms with Crippen LogP contribution < -0.4 is 0 Å². The van der Waals surface area contributed by atoms with Gasteiger partial charge in [-0.2, -0.15) is 0 Å². The first-order valence-corrected chi connectivity index (χ1v) is 20.3. The summed E-state index contributed by atoms with van der Waals surface area (Å²) in [6, 6.07) is 20.2. The predicted molar refractivity (Wildman–Crippen MR) is 194 cm³/mol. The van der Waals surface area contributed by atoms with E-state index in [4.69, 9.17) is 28.4 Å². The Kier molecular flexibility index (Phi) is 9.56. The van der Waals surface area contributed by atoms with Crippen LogP contribution in [-0.2, 0) is 60.8 Å². The SMILES string of the molecule is O=C1OC[C@@]2(CCCOCc3ccccc3)[C@@H]1C(=O)[C@@H]1C[C@H]3CCC[C@@]32O1.O=C1OC[C@]2(CCCOCc3ccccc3)[C@H]1C(=O)[C@H]1C[C@@H]3CCC[C@]32O1. The number of esters is 2. The molecule has 0 N–H and O–H groups in total. The summed E-state index contributed by atoms with van der Waals surface area (Å²) in [5.74, 6) is -1.23. The maximum absolute atomic E-state index is 12.9. The minimum atomic E-state index is -0.631. The van der Waals surface area contributed by atoms with Crippen LogP contribution in [0.5, 0.6) is 0 Å². The van der Waals surface area contributed by atoms with Gasteiger partial charge in [0.1, 0.15) is 37.3 Å². The van der Waals surface area contributed by atoms with E-state index in [-0.39, 0.29) is 34.7 Å². The van der Waals surface area contributed by atoms with Gasteiger partial charge in [-0.1, -0.05) is 73.5 Å². The smallest absolute Gasteiger partial charge is 0.317 e. The van der Waals surface area contributed by atoms with E-state index in [1.54, 1.807) is 0 Å². The molecule has 2 spiro atoms. The van der Waals surface area contributed by atoms with Crippen LogP contribution in [0.3, 0.4) is 0 Å². The molecule has 0 aromatic heterocycles. The Hall–Kier alpha value is -3.44. The van der Waals surface area contributed by atoms with Crippen molar-refractivity contribution in [3.63, 3.8) is 0 Å². The zero-order valence-electron chi connectivity index (χ0n) is 31.0. The number of carbonyl (C=O) groups excluding carboxylic acids is 4. The molecular weight excluding hydrogens is 688 g/mol. The van der Waals surface area contributed by atoms with Crippen LogP contribution in [0.15, 0.2) is 60.7 Å². The second-order valence-electron chi connectivity index (χ2n) is 17.1. The van der Waals surface area contributed by atoms with E-state index < -0.39 is 34.9 Å². The second kappa shape index (κ2) is 14.3. The first kappa shape index (κ1) is 36.2. The third-order valence-corrected chi connectivity index (χ3v) is 14.7. The molecule has 0 amide bonds. The summed E-state index contributed by atoms with van der Waals surface area (Å²) in [6.45, 7) is 3.02. The molecule has 2 aliphatic carbocycles. The van der Waals surface area contributed by atoms with Gasteiger partial charge in [0.25, 0.3) is 0 Å². The number of benzene rings is 2. The highest BCUT2D eigenvalue weighted by Crippen LogP contribution is 2.67. The molecule has 10 rings (SSSR count). The van der Waals surface area contributed by atoms with E-state index in [9.17, 15) is 19.2 Å². The van der Waals surface area contributed by atoms with E-state index in [1.165, 1.54) is 0 Å². The highest BCUT2D eigenvalue weighted by atomic mass is 16.6. The van der Waals surface area contributed by atoms with Crippen molar-refractivity contribution in [3.05, 3.63) is 71.8 Å². The minimum Gasteiger partial charge on any atom is -0.464 e. The summed E-state index contributed by atoms with van der Waals surface area (Å²) in [4.78, 5) is 50.8. The third kappa shape index (κ3) is 5.56. The van der Waals surface area contributed by atoms with Crippen molar-refractivity contribution in [2.45, 2.75) is 114 Å². The molecule has 8 aliphatic rings. The summed E-state index contributed by atoms with van der Waals surface area (Å²) >= 11 is 0. The summed E-state index contributed by atoms with van der Waals surface area (Å²) in [6.07, 6.45) is 10.2. The topological polar surface area (TPSA) is 124 Å². The molecular formula is C44H52O10. The van der Waals surface area contributed by atoms with Crippen molar-refractivity contribution in [1.29, 1.82) is 0 Å². The van der Waals surface area contributed by atoms with Gasteiger partial charge >= 0.3 is 11.9 Å². The first-order chi connectivity index (χ1) is 26.3. The average Bonchev–Trinajstić information content (AvgIpc) is 4.02. The van der Waals surface area contributed by atoms with Gasteiger partial charge in [0.05, 0.1) is 35.2 Å². The number of rotatable bonds is 12. The van der Waals surface area contributed by atoms with E-state index in [2.05, 4.69) is 0 Å². The normalized spacial score (nSPS) is 39.3. The van der Waals surface area contributed by atoms with Crippen LogP contribution >= 0.6 is 0 Å². The van der Waals surface area contributed by atoms with Gasteiger partial charge < -0.3 is 28.4 Å². The number of ketones is 2. The van der Waals surface area contributed by atoms with Gasteiger partial charge in [-0.25, -0.2) is 0 Å². The molecule has 2 aromatic rings. The molecule has 10 nitrogen and oxygen atoms in total. The van der Waals surface area contributed by atoms with Crippen LogP contribution in [0.1, 0.15) is 88.2 Å². The number of ether oxygens (including phenoxy) is 6. The first-order valence-electron chi connectivity index (χ1n) is 20.3. The quantitative estimate of drug-likeness (QED) is 0.143. The summed E-state index contributed by atoms with van der Waals surface area (Å²) in [5, 5.41) is 0. The molecule has 8 fully saturated rings. The minimum absolute atomic E-state index is 0.0391. The number of fused-ring (bicyclic) bond motifs is 4. The van der Waals surface area contributed by atoms with Gasteiger partial charge in [0.15, 0.2) is 11.6 Å². The van der Waals surface area contributed by atoms with Crippen LogP contribution in [0.25, 0.3) is 0 Å². The Labute approximate surface area is 316 Å². The highest BCUT2D eigenvalue weighted by Gasteiger charge is 2.76. The lowest BCUT2D eigenvalue weighted by atomic mass is 9.59. The average molecular weight is 741 g/mol. The van der Waals surface area contributed by atoms with E-state index in [0.29, 0.717) is 51.5 Å². The highest BCUT2D eigenvalue weighted by molar-refractivity contribution is 6.05. The Morgan fingerprint density at radius 1 is 0.593 bits per heavy atom. The number of Topliss-reactive ketones (excluding diaryl/α,β-unsaturated/α-hetero) is 2. The van der Waals surface area contributed by atoms with Gasteiger partial charge in [-0.05, 0) is 87.2 Å². The molecule has 10 heteroatoms. The molecule has 4 bridgehead atoms. The Bertz CT molecular complexity index is 1620. The molecule has 54 heavy (non-hydrogen) atoms. The monoisotopic (exact) mass is 740 g/mol. The standard InChI is InChI=1S/2C22H26O5/c2*23-19-17-12-16-8-4-10-22(16,27-17)21(14-26-20(24)18(19)21)9-5-11-25-13-15-6-2-1-3-7-15/h2*1-3,6-7,16-18H,4-5,8-14H2/t2*16-,17+,18-,21+,22-/m10/s1. The lowest BCUT2D eigenvalue weighted by Gasteiger charge is -2.50. The van der Waals surface area contributed by atoms with E-state index in [0.717, 1.165) is 88.2 Å². The molecule has 2 saturated carbocycles. The fraction of sp³-hybridized carbons (Fsp3) is 0.636. The number of hydrogen-bond donors (Lipinski definition) is 0. The second-order valence-corrected chi connectivity index (χ2v) is 17.1. The maximum Gasteiger partial charge on any atom is 0.317 e. The fourth-order valence-corrected chi connectivity index (χ4v) is 12.5. The lowest BCUT2D eigenvalue weighted by molar-refractivity contribution is -0.196. The van der Waals surface area contributed by atoms with Crippen molar-refractivity contribution in [2.24, 2.45) is 34.5 Å².